The molecule has 430 valence electrons. The van der Waals surface area contributed by atoms with Gasteiger partial charge in [-0.15, -0.1) is 0 Å². The van der Waals surface area contributed by atoms with E-state index in [1.807, 2.05) is 45.8 Å². The van der Waals surface area contributed by atoms with Crippen LogP contribution in [0.5, 0.6) is 0 Å². The third-order valence-corrected chi connectivity index (χ3v) is 17.3. The first kappa shape index (κ1) is 63.6. The summed E-state index contributed by atoms with van der Waals surface area (Å²) in [5, 5.41) is 47.9. The third kappa shape index (κ3) is 14.6. The lowest BCUT2D eigenvalue weighted by Gasteiger charge is -2.50. The second-order valence-electron chi connectivity index (χ2n) is 21.9. The fourth-order valence-corrected chi connectivity index (χ4v) is 11.6. The number of aryl methyl sites for hydroxylation is 1. The summed E-state index contributed by atoms with van der Waals surface area (Å²) in [6.07, 6.45) is -7.21. The average Bonchev–Trinajstić information content (AvgIpc) is 3.37. The number of Topliss-reactive ketones (excluding diaryl/α,β-unsaturated/α-hetero) is 1. The zero-order valence-electron chi connectivity index (χ0n) is 46.6. The number of benzene rings is 1. The van der Waals surface area contributed by atoms with Crippen molar-refractivity contribution in [1.82, 2.24) is 14.8 Å². The number of carbonyl (C=O) groups excluding carboxylic acids is 3. The maximum Gasteiger partial charge on any atom is 0.341 e. The number of hydrogen-bond acceptors (Lipinski definition) is 19. The van der Waals surface area contributed by atoms with Crippen molar-refractivity contribution in [3.63, 3.8) is 0 Å². The van der Waals surface area contributed by atoms with Gasteiger partial charge in [-0.1, -0.05) is 26.8 Å². The molecule has 3 aliphatic rings. The topological polar surface area (TPSA) is 270 Å². The van der Waals surface area contributed by atoms with Crippen LogP contribution in [0.2, 0.25) is 0 Å². The molecule has 4 heterocycles. The molecule has 3 fully saturated rings. The van der Waals surface area contributed by atoms with Crippen molar-refractivity contribution >= 4 is 57.2 Å². The molecule has 0 saturated carbocycles. The molecule has 22 heteroatoms. The van der Waals surface area contributed by atoms with Crippen LogP contribution in [0.3, 0.4) is 0 Å². The number of aliphatic hydroxyl groups excluding tert-OH is 2. The fraction of sp³-hybridized carbons (Fsp3) is 0.759. The number of likely N-dealkylation sites (N-methyl/N-ethyl adjacent to an activating group) is 1. The van der Waals surface area contributed by atoms with Crippen molar-refractivity contribution in [1.29, 1.82) is 0 Å². The summed E-state index contributed by atoms with van der Waals surface area (Å²) >= 11 is 1.74. The Morgan fingerprint density at radius 2 is 1.58 bits per heavy atom. The van der Waals surface area contributed by atoms with Crippen LogP contribution in [0.25, 0.3) is 10.9 Å². The molecule has 1 aromatic heterocycles. The molecule has 1 aromatic carbocycles. The van der Waals surface area contributed by atoms with E-state index in [1.54, 1.807) is 73.9 Å². The van der Waals surface area contributed by atoms with Crippen LogP contribution in [-0.4, -0.2) is 184 Å². The van der Waals surface area contributed by atoms with Crippen molar-refractivity contribution in [2.24, 2.45) is 23.7 Å². The van der Waals surface area contributed by atoms with E-state index in [0.29, 0.717) is 36.0 Å². The monoisotopic (exact) mass is 1190 g/mol. The Hall–Kier alpha value is -3.24. The zero-order chi connectivity index (χ0) is 56.8. The van der Waals surface area contributed by atoms with Gasteiger partial charge in [-0.2, -0.15) is 0 Å². The standard InChI is InChI=1S/C54H84IN3O18/c1-15-58-26-36(48(64)65)42(61)35-23-34(16-17-37(35)58)27-70-21-20-56-19-18-39(59)73-47-33(7)72-40(25-53(47,9)69-14)74-44-31(5)46(75-50-43(62)38(57(11)12)22-29(3)71-50)52(8,68-13)24-28(2)41(60)30(4)45(63)54(10,67)51(55)76-49(66)32(44)6/h16-17,23,26,28-33,38,40,43-47,50-51,56,62-63,67H,15,18-22,24-25,27H2,1-14H3,(H,64,65)/t28-,29-,30+,31+,32-,33+,38+,40?,43-,44+,45-,46-,47+,50?,51+,52-,53-,54+/m1/s1. The number of nitrogens with zero attached hydrogens (tertiary/aromatic N) is 2. The van der Waals surface area contributed by atoms with E-state index in [9.17, 15) is 44.4 Å². The highest BCUT2D eigenvalue weighted by atomic mass is 127. The van der Waals surface area contributed by atoms with Crippen LogP contribution < -0.4 is 10.7 Å². The summed E-state index contributed by atoms with van der Waals surface area (Å²) in [5.41, 5.74) is -4.08. The Labute approximate surface area is 460 Å². The highest BCUT2D eigenvalue weighted by molar-refractivity contribution is 14.1. The molecule has 5 N–H and O–H groups in total. The molecular formula is C54H84IN3O18. The molecule has 2 unspecified atom stereocenters. The molecule has 2 aromatic rings. The minimum absolute atomic E-state index is 0.000420. The third-order valence-electron chi connectivity index (χ3n) is 15.8. The molecule has 0 aliphatic carbocycles. The number of alkyl halides is 1. The lowest BCUT2D eigenvalue weighted by atomic mass is 9.74. The van der Waals surface area contributed by atoms with Crippen molar-refractivity contribution in [3.8, 4) is 0 Å². The van der Waals surface area contributed by atoms with E-state index in [4.69, 9.17) is 42.6 Å². The van der Waals surface area contributed by atoms with Gasteiger partial charge in [0.15, 0.2) is 22.8 Å². The van der Waals surface area contributed by atoms with Crippen LogP contribution >= 0.6 is 22.6 Å². The van der Waals surface area contributed by atoms with Gasteiger partial charge in [-0.25, -0.2) is 4.79 Å². The molecule has 0 amide bonds. The van der Waals surface area contributed by atoms with Gasteiger partial charge in [-0.05, 0) is 116 Å². The molecule has 18 atom stereocenters. The number of carboxylic acid groups (broad SMARTS) is 1. The van der Waals surface area contributed by atoms with Crippen LogP contribution in [0, 0.1) is 23.7 Å². The number of hydrogen-bond donors (Lipinski definition) is 5. The van der Waals surface area contributed by atoms with Gasteiger partial charge in [0.05, 0.1) is 67.2 Å². The number of ether oxygens (including phenoxy) is 9. The second kappa shape index (κ2) is 26.8. The van der Waals surface area contributed by atoms with E-state index < -0.39 is 117 Å². The number of carboxylic acids is 1. The number of rotatable bonds is 18. The first-order valence-corrected chi connectivity index (χ1v) is 27.5. The molecular weight excluding hydrogens is 1110 g/mol. The van der Waals surface area contributed by atoms with Gasteiger partial charge in [0.2, 0.25) is 5.43 Å². The number of esters is 2. The quantitative estimate of drug-likeness (QED) is 0.0606. The largest absolute Gasteiger partial charge is 0.477 e. The molecule has 5 rings (SSSR count). The number of ketones is 1. The van der Waals surface area contributed by atoms with Crippen LogP contribution in [0.4, 0.5) is 0 Å². The summed E-state index contributed by atoms with van der Waals surface area (Å²) < 4.78 is 57.1. The number of methoxy groups -OCH3 is 2. The van der Waals surface area contributed by atoms with Crippen LogP contribution in [0.1, 0.15) is 111 Å². The number of aliphatic hydroxyl groups is 3. The number of carbonyl (C=O) groups is 4. The van der Waals surface area contributed by atoms with Gasteiger partial charge < -0.3 is 77.8 Å². The van der Waals surface area contributed by atoms with E-state index in [-0.39, 0.29) is 62.5 Å². The molecule has 0 bridgehead atoms. The van der Waals surface area contributed by atoms with Gasteiger partial charge in [0.25, 0.3) is 0 Å². The van der Waals surface area contributed by atoms with Crippen LogP contribution in [-0.2, 0) is 70.2 Å². The minimum Gasteiger partial charge on any atom is -0.477 e. The van der Waals surface area contributed by atoms with Gasteiger partial charge >= 0.3 is 17.9 Å². The highest BCUT2D eigenvalue weighted by Gasteiger charge is 2.55. The Balaban J connectivity index is 1.31. The number of aromatic nitrogens is 1. The highest BCUT2D eigenvalue weighted by Crippen LogP contribution is 2.42. The van der Waals surface area contributed by atoms with E-state index in [2.05, 4.69) is 5.32 Å². The number of nitrogens with one attached hydrogen (secondary N) is 1. The van der Waals surface area contributed by atoms with Gasteiger partial charge in [0, 0.05) is 75.7 Å². The average molecular weight is 1190 g/mol. The Bertz CT molecular complexity index is 2370. The number of cyclic esters (lactones) is 1. The van der Waals surface area contributed by atoms with Crippen molar-refractivity contribution in [2.75, 3.05) is 48.0 Å². The summed E-state index contributed by atoms with van der Waals surface area (Å²) in [6.45, 7) is 18.6. The smallest absolute Gasteiger partial charge is 0.341 e. The van der Waals surface area contributed by atoms with Gasteiger partial charge in [-0.3, -0.25) is 19.2 Å². The van der Waals surface area contributed by atoms with Gasteiger partial charge in [0.1, 0.15) is 28.7 Å². The van der Waals surface area contributed by atoms with Crippen molar-refractivity contribution < 1.29 is 82.2 Å². The minimum atomic E-state index is -2.05. The maximum atomic E-state index is 14.4. The lowest BCUT2D eigenvalue weighted by molar-refractivity contribution is -0.320. The summed E-state index contributed by atoms with van der Waals surface area (Å²) in [4.78, 5) is 68.4. The SMILES string of the molecule is CCn1cc(C(=O)O)c(=O)c2cc(COCCNCCC(=O)O[C@H]3[C@H](C)OC(O[C@H]4[C@H](C)[C@@H](OC5O[C@H](C)C[C@H](N(C)C)[C@H]5O)[C@](C)(OC)C[C@@H](C)C(=O)[C@H](C)[C@@H](O)[C@](C)(O)[C@@H](I)OC(=O)[C@@H]4C)C[C@@]3(C)OC)ccc21. The Morgan fingerprint density at radius 3 is 2.20 bits per heavy atom. The molecule has 76 heavy (non-hydrogen) atoms. The normalized spacial score (nSPS) is 37.2. The van der Waals surface area contributed by atoms with Crippen molar-refractivity contribution in [2.45, 2.75) is 190 Å². The Morgan fingerprint density at radius 1 is 0.921 bits per heavy atom. The van der Waals surface area contributed by atoms with E-state index in [1.165, 1.54) is 34.3 Å². The number of fused-ring (bicyclic) bond motifs is 1. The predicted octanol–water partition coefficient (Wildman–Crippen LogP) is 4.20. The molecule has 21 nitrogen and oxygen atoms in total. The summed E-state index contributed by atoms with van der Waals surface area (Å²) in [5.74, 6) is -6.72. The number of aromatic carboxylic acids is 1. The fourth-order valence-electron chi connectivity index (χ4n) is 11.0. The lowest BCUT2D eigenvalue weighted by Crippen LogP contribution is -2.61. The first-order chi connectivity index (χ1) is 35.5. The van der Waals surface area contributed by atoms with Crippen molar-refractivity contribution in [3.05, 3.63) is 45.7 Å². The predicted molar refractivity (Wildman–Crippen MR) is 287 cm³/mol. The first-order valence-electron chi connectivity index (χ1n) is 26.3. The molecule has 0 radical (unpaired) electrons. The number of pyridine rings is 1. The Kier molecular flexibility index (Phi) is 22.4. The second-order valence-corrected chi connectivity index (χ2v) is 23.0. The summed E-state index contributed by atoms with van der Waals surface area (Å²) in [6, 6.07) is 4.91. The molecule has 3 aliphatic heterocycles. The number of halogens is 1. The molecule has 0 spiro atoms. The maximum absolute atomic E-state index is 14.4. The van der Waals surface area contributed by atoms with E-state index in [0.717, 1.165) is 0 Å². The zero-order valence-corrected chi connectivity index (χ0v) is 48.8. The van der Waals surface area contributed by atoms with E-state index >= 15 is 0 Å². The van der Waals surface area contributed by atoms with Crippen LogP contribution in [0.15, 0.2) is 29.2 Å². The summed E-state index contributed by atoms with van der Waals surface area (Å²) in [7, 11) is 6.69. The molecule has 3 saturated heterocycles.